The fourth-order valence-electron chi connectivity index (χ4n) is 3.28. The molecule has 5 heteroatoms. The number of aryl methyl sites for hydroxylation is 1. The number of hydrogen-bond donors (Lipinski definition) is 0. The Labute approximate surface area is 139 Å². The molecule has 0 unspecified atom stereocenters. The maximum absolute atomic E-state index is 13.2. The third-order valence-electron chi connectivity index (χ3n) is 4.57. The molecule has 3 aliphatic rings. The van der Waals surface area contributed by atoms with Gasteiger partial charge in [-0.1, -0.05) is 6.07 Å². The molecule has 3 heterocycles. The van der Waals surface area contributed by atoms with E-state index in [1.807, 2.05) is 30.3 Å². The predicted octanol–water partition coefficient (Wildman–Crippen LogP) is 4.44. The number of allylic oxidation sites excluding steroid dienone is 2. The van der Waals surface area contributed by atoms with Crippen LogP contribution in [0.25, 0.3) is 0 Å². The molecule has 1 fully saturated rings. The Kier molecular flexibility index (Phi) is 3.56. The molecular weight excluding hydrogens is 314 g/mol. The van der Waals surface area contributed by atoms with Crippen LogP contribution in [-0.2, 0) is 6.42 Å². The van der Waals surface area contributed by atoms with E-state index in [1.54, 1.807) is 11.8 Å². The zero-order chi connectivity index (χ0) is 16.0. The molecule has 0 atom stereocenters. The zero-order valence-corrected chi connectivity index (χ0v) is 13.7. The molecule has 1 aromatic heterocycles. The monoisotopic (exact) mass is 332 g/mol. The molecule has 2 nitrogen and oxygen atoms in total. The summed E-state index contributed by atoms with van der Waals surface area (Å²) >= 11 is 1.80. The molecule has 0 N–H and O–H groups in total. The minimum atomic E-state index is -2.48. The first-order chi connectivity index (χ1) is 11.0. The van der Waals surface area contributed by atoms with Gasteiger partial charge in [-0.15, -0.1) is 11.8 Å². The lowest BCUT2D eigenvalue weighted by Crippen LogP contribution is -2.48. The highest BCUT2D eigenvalue weighted by Crippen LogP contribution is 2.47. The number of thioether (sulfide) groups is 1. The van der Waals surface area contributed by atoms with Crippen LogP contribution in [-0.4, -0.2) is 27.6 Å². The van der Waals surface area contributed by atoms with E-state index in [0.717, 1.165) is 23.6 Å². The fourth-order valence-corrected chi connectivity index (χ4v) is 4.35. The SMILES string of the molecule is Cc1ccc(CC2=C3SCC=C3N(C3CC(F)(F)C3)C=C2)cn1. The topological polar surface area (TPSA) is 16.1 Å². The Morgan fingerprint density at radius 2 is 2.17 bits per heavy atom. The summed E-state index contributed by atoms with van der Waals surface area (Å²) in [6.45, 7) is 1.98. The number of halogens is 2. The first kappa shape index (κ1) is 14.9. The number of nitrogens with zero attached hydrogens (tertiary/aromatic N) is 2. The average Bonchev–Trinajstić information content (AvgIpc) is 2.97. The number of fused-ring (bicyclic) bond motifs is 1. The largest absolute Gasteiger partial charge is 0.344 e. The highest BCUT2D eigenvalue weighted by molar-refractivity contribution is 8.03. The van der Waals surface area contributed by atoms with Gasteiger partial charge in [-0.3, -0.25) is 4.98 Å². The Morgan fingerprint density at radius 3 is 2.87 bits per heavy atom. The maximum Gasteiger partial charge on any atom is 0.252 e. The second-order valence-electron chi connectivity index (χ2n) is 6.38. The van der Waals surface area contributed by atoms with E-state index in [2.05, 4.69) is 23.2 Å². The molecule has 0 radical (unpaired) electrons. The molecule has 0 saturated heterocycles. The van der Waals surface area contributed by atoms with Gasteiger partial charge in [0.1, 0.15) is 0 Å². The van der Waals surface area contributed by atoms with Crippen molar-refractivity contribution < 1.29 is 8.78 Å². The van der Waals surface area contributed by atoms with Gasteiger partial charge in [-0.25, -0.2) is 8.78 Å². The van der Waals surface area contributed by atoms with Crippen LogP contribution in [0.15, 0.2) is 52.9 Å². The molecular formula is C18H18F2N2S. The second-order valence-corrected chi connectivity index (χ2v) is 7.41. The molecule has 1 aliphatic carbocycles. The van der Waals surface area contributed by atoms with Crippen LogP contribution >= 0.6 is 11.8 Å². The number of hydrogen-bond acceptors (Lipinski definition) is 3. The third kappa shape index (κ3) is 2.82. The maximum atomic E-state index is 13.2. The van der Waals surface area contributed by atoms with Crippen molar-refractivity contribution in [1.82, 2.24) is 9.88 Å². The van der Waals surface area contributed by atoms with Crippen LogP contribution < -0.4 is 0 Å². The van der Waals surface area contributed by atoms with Crippen molar-refractivity contribution >= 4 is 11.8 Å². The summed E-state index contributed by atoms with van der Waals surface area (Å²) in [5.74, 6) is -1.57. The Hall–Kier alpha value is -1.62. The van der Waals surface area contributed by atoms with Gasteiger partial charge in [-0.2, -0.15) is 0 Å². The van der Waals surface area contributed by atoms with Gasteiger partial charge in [0.15, 0.2) is 0 Å². The molecule has 120 valence electrons. The van der Waals surface area contributed by atoms with Gasteiger partial charge in [0.05, 0.1) is 5.70 Å². The van der Waals surface area contributed by atoms with Gasteiger partial charge in [0.25, 0.3) is 5.92 Å². The van der Waals surface area contributed by atoms with E-state index in [4.69, 9.17) is 0 Å². The Morgan fingerprint density at radius 1 is 1.35 bits per heavy atom. The van der Waals surface area contributed by atoms with Crippen molar-refractivity contribution in [3.63, 3.8) is 0 Å². The molecule has 4 rings (SSSR count). The van der Waals surface area contributed by atoms with Crippen molar-refractivity contribution in [2.75, 3.05) is 5.75 Å². The molecule has 1 saturated carbocycles. The van der Waals surface area contributed by atoms with Crippen LogP contribution in [0.1, 0.15) is 24.1 Å². The number of alkyl halides is 2. The minimum Gasteiger partial charge on any atom is -0.344 e. The van der Waals surface area contributed by atoms with E-state index in [1.165, 1.54) is 16.0 Å². The van der Waals surface area contributed by atoms with Crippen LogP contribution in [0.4, 0.5) is 8.78 Å². The average molecular weight is 332 g/mol. The number of pyridine rings is 1. The highest BCUT2D eigenvalue weighted by Gasteiger charge is 2.48. The van der Waals surface area contributed by atoms with Crippen molar-refractivity contribution in [3.8, 4) is 0 Å². The van der Waals surface area contributed by atoms with Crippen molar-refractivity contribution in [1.29, 1.82) is 0 Å². The second kappa shape index (κ2) is 5.48. The van der Waals surface area contributed by atoms with Crippen LogP contribution in [0.3, 0.4) is 0 Å². The van der Waals surface area contributed by atoms with Crippen LogP contribution in [0, 0.1) is 6.92 Å². The lowest BCUT2D eigenvalue weighted by atomic mass is 9.86. The standard InChI is InChI=1S/C18H18F2N2S/c1-12-2-3-13(11-21-12)8-14-4-6-22(15-9-18(19,20)10-15)16-5-7-23-17(14)16/h2-6,11,15H,7-10H2,1H3. The smallest absolute Gasteiger partial charge is 0.252 e. The first-order valence-corrected chi connectivity index (χ1v) is 8.83. The normalized spacial score (nSPS) is 22.9. The number of rotatable bonds is 3. The molecule has 2 aliphatic heterocycles. The molecule has 0 aromatic carbocycles. The molecule has 23 heavy (non-hydrogen) atoms. The van der Waals surface area contributed by atoms with E-state index in [0.29, 0.717) is 0 Å². The predicted molar refractivity (Wildman–Crippen MR) is 89.2 cm³/mol. The van der Waals surface area contributed by atoms with E-state index < -0.39 is 5.92 Å². The molecule has 1 aromatic rings. The summed E-state index contributed by atoms with van der Waals surface area (Å²) in [4.78, 5) is 7.63. The first-order valence-electron chi connectivity index (χ1n) is 7.84. The van der Waals surface area contributed by atoms with Crippen LogP contribution in [0.2, 0.25) is 0 Å². The van der Waals surface area contributed by atoms with E-state index in [9.17, 15) is 8.78 Å². The highest BCUT2D eigenvalue weighted by atomic mass is 32.2. The molecule has 0 bridgehead atoms. The summed E-state index contributed by atoms with van der Waals surface area (Å²) in [6, 6.07) is 4.06. The molecule has 0 spiro atoms. The van der Waals surface area contributed by atoms with Crippen LogP contribution in [0.5, 0.6) is 0 Å². The van der Waals surface area contributed by atoms with Gasteiger partial charge in [-0.05, 0) is 36.3 Å². The summed E-state index contributed by atoms with van der Waals surface area (Å²) in [5.41, 5.74) is 4.57. The van der Waals surface area contributed by atoms with Crippen molar-refractivity contribution in [2.24, 2.45) is 0 Å². The lowest BCUT2D eigenvalue weighted by Gasteiger charge is -2.44. The van der Waals surface area contributed by atoms with Crippen molar-refractivity contribution in [3.05, 3.63) is 64.1 Å². The minimum absolute atomic E-state index is 0.0379. The zero-order valence-electron chi connectivity index (χ0n) is 12.9. The Balaban J connectivity index is 1.55. The summed E-state index contributed by atoms with van der Waals surface area (Å²) in [6.07, 6.45) is 8.90. The summed E-state index contributed by atoms with van der Waals surface area (Å²) < 4.78 is 26.4. The van der Waals surface area contributed by atoms with Gasteiger partial charge in [0.2, 0.25) is 0 Å². The Bertz CT molecular complexity index is 711. The lowest BCUT2D eigenvalue weighted by molar-refractivity contribution is -0.110. The van der Waals surface area contributed by atoms with E-state index in [-0.39, 0.29) is 18.9 Å². The fraction of sp³-hybridized carbons (Fsp3) is 0.389. The van der Waals surface area contributed by atoms with Gasteiger partial charge in [0, 0.05) is 54.1 Å². The summed E-state index contributed by atoms with van der Waals surface area (Å²) in [5, 5.41) is 0. The molecule has 0 amide bonds. The van der Waals surface area contributed by atoms with Crippen molar-refractivity contribution in [2.45, 2.75) is 38.2 Å². The third-order valence-corrected chi connectivity index (χ3v) is 5.67. The quantitative estimate of drug-likeness (QED) is 0.814. The van der Waals surface area contributed by atoms with Gasteiger partial charge >= 0.3 is 0 Å². The van der Waals surface area contributed by atoms with Gasteiger partial charge < -0.3 is 4.90 Å². The number of aromatic nitrogens is 1. The summed E-state index contributed by atoms with van der Waals surface area (Å²) in [7, 11) is 0. The van der Waals surface area contributed by atoms with E-state index >= 15 is 0 Å².